The number of nitrogens with one attached hydrogen (secondary N) is 2. The number of rotatable bonds is 3. The highest BCUT2D eigenvalue weighted by Crippen LogP contribution is 2.13. The number of carbonyl (C=O) groups excluding carboxylic acids is 1. The molecule has 0 atom stereocenters. The minimum Gasteiger partial charge on any atom is -0.247 e. The van der Waals surface area contributed by atoms with Gasteiger partial charge in [-0.05, 0) is 24.3 Å². The molecule has 1 rings (SSSR count). The van der Waals surface area contributed by atoms with Gasteiger partial charge in [-0.15, -0.1) is 0 Å². The van der Waals surface area contributed by atoms with Crippen molar-refractivity contribution in [3.8, 4) is 0 Å². The highest BCUT2D eigenvalue weighted by molar-refractivity contribution is 7.90. The number of nitrogens with two attached hydrogens (primary N) is 1. The van der Waals surface area contributed by atoms with Crippen molar-refractivity contribution in [1.82, 2.24) is 9.44 Å². The molecule has 0 aliphatic rings. The average molecular weight is 314 g/mol. The maximum atomic E-state index is 11.6. The highest BCUT2D eigenvalue weighted by atomic mass is 35.5. The molecule has 100 valence electrons. The van der Waals surface area contributed by atoms with Crippen LogP contribution < -0.4 is 14.6 Å². The summed E-state index contributed by atoms with van der Waals surface area (Å²) in [6, 6.07) is 3.41. The Balaban J connectivity index is 2.89. The average Bonchev–Trinajstić information content (AvgIpc) is 2.13. The molecule has 11 heteroatoms. The summed E-state index contributed by atoms with van der Waals surface area (Å²) >= 11 is 5.56. The molecule has 0 bridgehead atoms. The summed E-state index contributed by atoms with van der Waals surface area (Å²) in [5, 5.41) is 4.81. The number of hydrogen-bond acceptors (Lipinski definition) is 5. The van der Waals surface area contributed by atoms with Crippen LogP contribution in [-0.4, -0.2) is 22.9 Å². The second-order valence-corrected chi connectivity index (χ2v) is 6.45. The lowest BCUT2D eigenvalue weighted by Gasteiger charge is -2.07. The van der Waals surface area contributed by atoms with E-state index in [1.54, 1.807) is 0 Å². The van der Waals surface area contributed by atoms with Crippen LogP contribution in [0.3, 0.4) is 0 Å². The molecule has 0 unspecified atom stereocenters. The number of carbonyl (C=O) groups is 1. The molecule has 1 aromatic rings. The lowest BCUT2D eigenvalue weighted by Crippen LogP contribution is -2.44. The van der Waals surface area contributed by atoms with E-state index in [1.165, 1.54) is 21.6 Å². The van der Waals surface area contributed by atoms with Crippen LogP contribution in [0.15, 0.2) is 29.2 Å². The Morgan fingerprint density at radius 3 is 2.00 bits per heavy atom. The first-order valence-electron chi connectivity index (χ1n) is 4.23. The van der Waals surface area contributed by atoms with Crippen molar-refractivity contribution < 1.29 is 21.6 Å². The minimum absolute atomic E-state index is 0.253. The molecule has 8 nitrogen and oxygen atoms in total. The Hall–Kier alpha value is -1.36. The molecular formula is C7H8ClN3O5S2. The van der Waals surface area contributed by atoms with Crippen LogP contribution in [0.1, 0.15) is 0 Å². The van der Waals surface area contributed by atoms with E-state index in [0.29, 0.717) is 5.02 Å². The second kappa shape index (κ2) is 5.10. The minimum atomic E-state index is -4.33. The number of amides is 2. The zero-order chi connectivity index (χ0) is 14.0. The van der Waals surface area contributed by atoms with Gasteiger partial charge in [0, 0.05) is 5.02 Å². The van der Waals surface area contributed by atoms with Gasteiger partial charge in [0.05, 0.1) is 4.90 Å². The van der Waals surface area contributed by atoms with Crippen LogP contribution in [0.25, 0.3) is 0 Å². The molecule has 18 heavy (non-hydrogen) atoms. The summed E-state index contributed by atoms with van der Waals surface area (Å²) in [7, 11) is -8.52. The van der Waals surface area contributed by atoms with Crippen LogP contribution in [0.4, 0.5) is 4.79 Å². The molecule has 4 N–H and O–H groups in total. The summed E-state index contributed by atoms with van der Waals surface area (Å²) < 4.78 is 46.9. The fourth-order valence-electron chi connectivity index (χ4n) is 0.945. The third-order valence-electron chi connectivity index (χ3n) is 1.59. The molecule has 0 fully saturated rings. The molecule has 1 aromatic carbocycles. The lowest BCUT2D eigenvalue weighted by molar-refractivity contribution is 0.250. The number of halogens is 1. The Morgan fingerprint density at radius 1 is 1.06 bits per heavy atom. The highest BCUT2D eigenvalue weighted by Gasteiger charge is 2.19. The van der Waals surface area contributed by atoms with Crippen molar-refractivity contribution in [2.45, 2.75) is 4.90 Å². The maximum Gasteiger partial charge on any atom is 0.343 e. The molecule has 0 radical (unpaired) electrons. The van der Waals surface area contributed by atoms with Gasteiger partial charge in [0.1, 0.15) is 0 Å². The second-order valence-electron chi connectivity index (χ2n) is 3.04. The van der Waals surface area contributed by atoms with Gasteiger partial charge in [-0.1, -0.05) is 11.6 Å². The molecule has 0 aromatic heterocycles. The first-order valence-corrected chi connectivity index (χ1v) is 7.64. The molecule has 0 saturated carbocycles. The molecule has 0 heterocycles. The zero-order valence-electron chi connectivity index (χ0n) is 8.62. The summed E-state index contributed by atoms with van der Waals surface area (Å²) in [5.74, 6) is 0. The number of hydrogen-bond donors (Lipinski definition) is 3. The predicted octanol–water partition coefficient (Wildman–Crippen LogP) is -0.469. The van der Waals surface area contributed by atoms with E-state index in [2.05, 4.69) is 5.14 Å². The van der Waals surface area contributed by atoms with Gasteiger partial charge in [0.2, 0.25) is 0 Å². The first-order chi connectivity index (χ1) is 8.10. The first kappa shape index (κ1) is 14.7. The molecule has 0 aliphatic heterocycles. The van der Waals surface area contributed by atoms with Gasteiger partial charge in [0.15, 0.2) is 0 Å². The van der Waals surface area contributed by atoms with Gasteiger partial charge >= 0.3 is 6.03 Å². The van der Waals surface area contributed by atoms with Gasteiger partial charge in [-0.2, -0.15) is 8.42 Å². The normalized spacial score (nSPS) is 11.9. The molecular weight excluding hydrogens is 306 g/mol. The van der Waals surface area contributed by atoms with Crippen molar-refractivity contribution in [3.05, 3.63) is 29.3 Å². The standard InChI is InChI=1S/C7H8ClN3O5S2/c8-5-1-3-6(4-2-5)17(13,14)10-7(12)11-18(9,15)16/h1-4H,(H2,9,15,16)(H2,10,11,12). The maximum absolute atomic E-state index is 11.6. The Labute approximate surface area is 108 Å². The SMILES string of the molecule is NS(=O)(=O)NC(=O)NS(=O)(=O)c1ccc(Cl)cc1. The van der Waals surface area contributed by atoms with Crippen molar-refractivity contribution in [2.24, 2.45) is 5.14 Å². The number of sulfonamides is 1. The number of urea groups is 1. The smallest absolute Gasteiger partial charge is 0.247 e. The van der Waals surface area contributed by atoms with E-state index < -0.39 is 26.3 Å². The van der Waals surface area contributed by atoms with Crippen LogP contribution in [0.2, 0.25) is 5.02 Å². The molecule has 2 amide bonds. The van der Waals surface area contributed by atoms with Gasteiger partial charge < -0.3 is 0 Å². The fraction of sp³-hybridized carbons (Fsp3) is 0. The van der Waals surface area contributed by atoms with Crippen molar-refractivity contribution in [3.63, 3.8) is 0 Å². The lowest BCUT2D eigenvalue weighted by atomic mass is 10.4. The van der Waals surface area contributed by atoms with E-state index in [1.807, 2.05) is 0 Å². The topological polar surface area (TPSA) is 135 Å². The van der Waals surface area contributed by atoms with Gasteiger partial charge in [0.25, 0.3) is 20.2 Å². The van der Waals surface area contributed by atoms with E-state index in [9.17, 15) is 21.6 Å². The van der Waals surface area contributed by atoms with E-state index in [-0.39, 0.29) is 4.90 Å². The largest absolute Gasteiger partial charge is 0.343 e. The van der Waals surface area contributed by atoms with Crippen molar-refractivity contribution in [2.75, 3.05) is 0 Å². The monoisotopic (exact) mass is 313 g/mol. The van der Waals surface area contributed by atoms with Crippen LogP contribution in [-0.2, 0) is 20.2 Å². The predicted molar refractivity (Wildman–Crippen MR) is 63.4 cm³/mol. The van der Waals surface area contributed by atoms with Gasteiger partial charge in [-0.3, -0.25) is 0 Å². The van der Waals surface area contributed by atoms with Crippen molar-refractivity contribution in [1.29, 1.82) is 0 Å². The van der Waals surface area contributed by atoms with E-state index >= 15 is 0 Å². The van der Waals surface area contributed by atoms with Gasteiger partial charge in [-0.25, -0.2) is 27.8 Å². The quantitative estimate of drug-likeness (QED) is 0.693. The fourth-order valence-corrected chi connectivity index (χ4v) is 2.35. The molecule has 0 saturated heterocycles. The Kier molecular flexibility index (Phi) is 4.16. The summed E-state index contributed by atoms with van der Waals surface area (Å²) in [5.41, 5.74) is 0. The third kappa shape index (κ3) is 4.49. The zero-order valence-corrected chi connectivity index (χ0v) is 11.0. The Bertz CT molecular complexity index is 653. The summed E-state index contributed by atoms with van der Waals surface area (Å²) in [6.07, 6.45) is 0. The van der Waals surface area contributed by atoms with Crippen LogP contribution in [0.5, 0.6) is 0 Å². The van der Waals surface area contributed by atoms with Crippen LogP contribution in [0, 0.1) is 0 Å². The Morgan fingerprint density at radius 2 is 1.56 bits per heavy atom. The summed E-state index contributed by atoms with van der Waals surface area (Å²) in [4.78, 5) is 10.8. The summed E-state index contributed by atoms with van der Waals surface area (Å²) in [6.45, 7) is 0. The van der Waals surface area contributed by atoms with E-state index in [4.69, 9.17) is 11.6 Å². The van der Waals surface area contributed by atoms with E-state index in [0.717, 1.165) is 12.1 Å². The molecule has 0 spiro atoms. The molecule has 0 aliphatic carbocycles. The van der Waals surface area contributed by atoms with Crippen molar-refractivity contribution >= 4 is 37.9 Å². The third-order valence-corrected chi connectivity index (χ3v) is 3.65. The number of benzene rings is 1. The van der Waals surface area contributed by atoms with Crippen LogP contribution >= 0.6 is 11.6 Å².